The fourth-order valence-corrected chi connectivity index (χ4v) is 5.20. The second-order valence-corrected chi connectivity index (χ2v) is 8.96. The number of rotatable bonds is 4. The molecule has 8 heteroatoms. The molecule has 2 N–H and O–H groups in total. The van der Waals surface area contributed by atoms with Crippen LogP contribution in [0.5, 0.6) is 0 Å². The van der Waals surface area contributed by atoms with Crippen LogP contribution in [-0.4, -0.2) is 48.4 Å². The van der Waals surface area contributed by atoms with Gasteiger partial charge >= 0.3 is 0 Å². The summed E-state index contributed by atoms with van der Waals surface area (Å²) in [6.45, 7) is 3.03. The third-order valence-corrected chi connectivity index (χ3v) is 7.11. The van der Waals surface area contributed by atoms with Crippen molar-refractivity contribution in [3.05, 3.63) is 54.0 Å². The van der Waals surface area contributed by atoms with Crippen LogP contribution in [0, 0.1) is 18.8 Å². The van der Waals surface area contributed by atoms with E-state index in [9.17, 15) is 0 Å². The molecule has 0 spiro atoms. The molecule has 4 atom stereocenters. The van der Waals surface area contributed by atoms with Gasteiger partial charge in [-0.3, -0.25) is 9.36 Å². The fourth-order valence-electron chi connectivity index (χ4n) is 5.20. The van der Waals surface area contributed by atoms with Gasteiger partial charge in [0.2, 0.25) is 0 Å². The smallest absolute Gasteiger partial charge is 0.151 e. The van der Waals surface area contributed by atoms with E-state index in [0.29, 0.717) is 23.9 Å². The first kappa shape index (κ1) is 18.5. The lowest BCUT2D eigenvalue weighted by atomic mass is 10.1. The molecular weight excluding hydrogens is 388 g/mol. The van der Waals surface area contributed by atoms with Crippen LogP contribution in [0.3, 0.4) is 0 Å². The van der Waals surface area contributed by atoms with Crippen LogP contribution < -0.4 is 10.6 Å². The molecule has 2 fully saturated rings. The molecule has 158 valence electrons. The second kappa shape index (κ2) is 6.62. The maximum Gasteiger partial charge on any atom is 0.151 e. The molecule has 1 aliphatic heterocycles. The Bertz CT molecular complexity index is 1250. The van der Waals surface area contributed by atoms with E-state index in [1.54, 1.807) is 0 Å². The molecule has 31 heavy (non-hydrogen) atoms. The molecule has 1 saturated heterocycles. The van der Waals surface area contributed by atoms with E-state index in [2.05, 4.69) is 68.6 Å². The normalized spacial score (nSPS) is 24.7. The summed E-state index contributed by atoms with van der Waals surface area (Å²) in [4.78, 5) is 2.38. The number of hydrogen-bond acceptors (Lipinski definition) is 6. The molecule has 0 amide bonds. The predicted molar refractivity (Wildman–Crippen MR) is 119 cm³/mol. The van der Waals surface area contributed by atoms with Gasteiger partial charge in [-0.05, 0) is 43.2 Å². The summed E-state index contributed by atoms with van der Waals surface area (Å²) in [6.07, 6.45) is 2.77. The summed E-state index contributed by atoms with van der Waals surface area (Å²) >= 11 is 0. The van der Waals surface area contributed by atoms with E-state index in [1.165, 1.54) is 5.69 Å². The Balaban J connectivity index is 1.27. The summed E-state index contributed by atoms with van der Waals surface area (Å²) in [5, 5.41) is 19.3. The van der Waals surface area contributed by atoms with Gasteiger partial charge in [-0.15, -0.1) is 10.2 Å². The van der Waals surface area contributed by atoms with E-state index in [4.69, 9.17) is 5.73 Å². The zero-order chi connectivity index (χ0) is 21.3. The van der Waals surface area contributed by atoms with E-state index < -0.39 is 0 Å². The first-order valence-electron chi connectivity index (χ1n) is 10.8. The number of hydrogen-bond donors (Lipinski definition) is 1. The Morgan fingerprint density at radius 1 is 1.06 bits per heavy atom. The summed E-state index contributed by atoms with van der Waals surface area (Å²) in [6, 6.07) is 13.2. The molecule has 1 saturated carbocycles. The summed E-state index contributed by atoms with van der Waals surface area (Å²) in [7, 11) is 3.94. The fraction of sp³-hybridized carbons (Fsp3) is 0.391. The Hall–Kier alpha value is -3.26. The van der Waals surface area contributed by atoms with Gasteiger partial charge in [0.1, 0.15) is 0 Å². The Labute approximate surface area is 180 Å². The Kier molecular flexibility index (Phi) is 3.95. The molecule has 2 aliphatic rings. The summed E-state index contributed by atoms with van der Waals surface area (Å²) in [5.74, 6) is 1.98. The second-order valence-electron chi connectivity index (χ2n) is 8.96. The van der Waals surface area contributed by atoms with Crippen molar-refractivity contribution in [2.45, 2.75) is 25.4 Å². The molecule has 1 aliphatic carbocycles. The van der Waals surface area contributed by atoms with Crippen LogP contribution >= 0.6 is 0 Å². The number of aromatic nitrogens is 6. The van der Waals surface area contributed by atoms with Crippen molar-refractivity contribution in [3.63, 3.8) is 0 Å². The van der Waals surface area contributed by atoms with Crippen LogP contribution in [0.2, 0.25) is 0 Å². The van der Waals surface area contributed by atoms with Gasteiger partial charge in [0.25, 0.3) is 0 Å². The lowest BCUT2D eigenvalue weighted by Gasteiger charge is -2.28. The minimum Gasteiger partial charge on any atom is -0.351 e. The number of fused-ring (bicyclic) bond motifs is 2. The molecular formula is C23H26N8. The summed E-state index contributed by atoms with van der Waals surface area (Å²) < 4.78 is 3.81. The monoisotopic (exact) mass is 414 g/mol. The van der Waals surface area contributed by atoms with Gasteiger partial charge in [0, 0.05) is 61.7 Å². The van der Waals surface area contributed by atoms with Gasteiger partial charge in [-0.25, -0.2) is 0 Å². The van der Waals surface area contributed by atoms with Crippen molar-refractivity contribution >= 4 is 16.7 Å². The summed E-state index contributed by atoms with van der Waals surface area (Å²) in [5.41, 5.74) is 11.7. The van der Waals surface area contributed by atoms with E-state index in [0.717, 1.165) is 46.6 Å². The number of piperidine rings is 1. The highest BCUT2D eigenvalue weighted by Crippen LogP contribution is 2.50. The predicted octanol–water partition coefficient (Wildman–Crippen LogP) is 2.08. The zero-order valence-electron chi connectivity index (χ0n) is 18.0. The van der Waals surface area contributed by atoms with E-state index in [-0.39, 0.29) is 0 Å². The van der Waals surface area contributed by atoms with Gasteiger partial charge in [0.15, 0.2) is 5.82 Å². The third-order valence-electron chi connectivity index (χ3n) is 7.11. The molecule has 4 unspecified atom stereocenters. The zero-order valence-corrected chi connectivity index (χ0v) is 18.0. The van der Waals surface area contributed by atoms with Gasteiger partial charge in [-0.1, -0.05) is 6.07 Å². The van der Waals surface area contributed by atoms with Crippen molar-refractivity contribution in [3.8, 4) is 11.3 Å². The highest BCUT2D eigenvalue weighted by atomic mass is 15.3. The highest BCUT2D eigenvalue weighted by Gasteiger charge is 2.59. The average molecular weight is 415 g/mol. The van der Waals surface area contributed by atoms with Crippen molar-refractivity contribution in [1.82, 2.24) is 29.8 Å². The van der Waals surface area contributed by atoms with E-state index in [1.807, 2.05) is 29.7 Å². The number of aryl methyl sites for hydroxylation is 3. The molecule has 0 bridgehead atoms. The van der Waals surface area contributed by atoms with Crippen LogP contribution in [0.25, 0.3) is 22.2 Å². The minimum atomic E-state index is 0.296. The minimum absolute atomic E-state index is 0.296. The first-order valence-corrected chi connectivity index (χ1v) is 10.8. The third kappa shape index (κ3) is 2.93. The maximum atomic E-state index is 6.34. The van der Waals surface area contributed by atoms with Crippen LogP contribution in [-0.2, 0) is 20.5 Å². The Morgan fingerprint density at radius 3 is 2.68 bits per heavy atom. The standard InChI is InChI=1S/C23H26N8/c1-13-8-16(28-29(13)2)10-20-22-17(23(22)24)12-31(20)21-7-5-18(26-27-21)14-4-6-19-15(9-14)11-25-30(19)3/h4-9,11,17,20,22-23H,10,12,24H2,1-3H3. The quantitative estimate of drug-likeness (QED) is 0.550. The number of benzene rings is 1. The lowest BCUT2D eigenvalue weighted by Crippen LogP contribution is -2.39. The van der Waals surface area contributed by atoms with Crippen LogP contribution in [0.1, 0.15) is 11.4 Å². The van der Waals surface area contributed by atoms with Crippen molar-refractivity contribution in [2.24, 2.45) is 31.7 Å². The maximum absolute atomic E-state index is 6.34. The van der Waals surface area contributed by atoms with Gasteiger partial charge in [0.05, 0.1) is 23.1 Å². The lowest BCUT2D eigenvalue weighted by molar-refractivity contribution is 0.551. The molecule has 1 aromatic carbocycles. The molecule has 0 radical (unpaired) electrons. The van der Waals surface area contributed by atoms with Crippen molar-refractivity contribution < 1.29 is 0 Å². The molecule has 4 heterocycles. The topological polar surface area (TPSA) is 90.7 Å². The Morgan fingerprint density at radius 2 is 1.94 bits per heavy atom. The highest BCUT2D eigenvalue weighted by molar-refractivity contribution is 5.83. The van der Waals surface area contributed by atoms with Crippen LogP contribution in [0.4, 0.5) is 5.82 Å². The first-order chi connectivity index (χ1) is 15.0. The van der Waals surface area contributed by atoms with Gasteiger partial charge < -0.3 is 10.6 Å². The van der Waals surface area contributed by atoms with Crippen molar-refractivity contribution in [1.29, 1.82) is 0 Å². The molecule has 6 rings (SSSR count). The molecule has 3 aromatic heterocycles. The SMILES string of the molecule is Cc1cc(CC2C3C(N)C3CN2c2ccc(-c3ccc4c(cnn4C)c3)nn2)nn1C. The van der Waals surface area contributed by atoms with Crippen LogP contribution in [0.15, 0.2) is 42.6 Å². The molecule has 8 nitrogen and oxygen atoms in total. The average Bonchev–Trinajstić information content (AvgIpc) is 3.06. The van der Waals surface area contributed by atoms with E-state index >= 15 is 0 Å². The molecule has 4 aromatic rings. The van der Waals surface area contributed by atoms with Gasteiger partial charge in [-0.2, -0.15) is 10.2 Å². The number of anilines is 1. The van der Waals surface area contributed by atoms with Crippen molar-refractivity contribution in [2.75, 3.05) is 11.4 Å². The largest absolute Gasteiger partial charge is 0.351 e. The number of nitrogens with zero attached hydrogens (tertiary/aromatic N) is 7. The number of nitrogens with two attached hydrogens (primary N) is 1.